The third-order valence-corrected chi connectivity index (χ3v) is 4.61. The Kier molecular flexibility index (Phi) is 5.63. The van der Waals surface area contributed by atoms with Gasteiger partial charge < -0.3 is 5.32 Å². The molecule has 7 nitrogen and oxygen atoms in total. The van der Waals surface area contributed by atoms with Gasteiger partial charge in [-0.1, -0.05) is 11.6 Å². The molecule has 7 heteroatoms. The summed E-state index contributed by atoms with van der Waals surface area (Å²) in [6, 6.07) is 0. The highest BCUT2D eigenvalue weighted by atomic mass is 16.1. The maximum atomic E-state index is 12.3. The van der Waals surface area contributed by atoms with Crippen LogP contribution in [0, 0.1) is 6.92 Å². The number of hydrogen-bond donors (Lipinski definition) is 1. The highest BCUT2D eigenvalue weighted by molar-refractivity contribution is 5.75. The first-order chi connectivity index (χ1) is 12.1. The SMILES string of the molecule is Cc1nn(CCCC(=O)NCCC2=CCCCC2)c(=O)c2nccn12. The van der Waals surface area contributed by atoms with E-state index in [-0.39, 0.29) is 11.5 Å². The second kappa shape index (κ2) is 8.09. The second-order valence-electron chi connectivity index (χ2n) is 6.51. The van der Waals surface area contributed by atoms with Crippen LogP contribution < -0.4 is 10.9 Å². The number of aromatic nitrogens is 4. The Hall–Kier alpha value is -2.44. The lowest BCUT2D eigenvalue weighted by molar-refractivity contribution is -0.121. The molecule has 3 rings (SSSR count). The van der Waals surface area contributed by atoms with Crippen LogP contribution in [-0.4, -0.2) is 31.6 Å². The highest BCUT2D eigenvalue weighted by Crippen LogP contribution is 2.19. The number of carbonyl (C=O) groups is 1. The fraction of sp³-hybridized carbons (Fsp3) is 0.556. The average molecular weight is 343 g/mol. The van der Waals surface area contributed by atoms with Gasteiger partial charge in [-0.25, -0.2) is 9.67 Å². The van der Waals surface area contributed by atoms with Gasteiger partial charge in [0.25, 0.3) is 0 Å². The van der Waals surface area contributed by atoms with Gasteiger partial charge in [0, 0.05) is 31.9 Å². The Labute approximate surface area is 146 Å². The number of allylic oxidation sites excluding steroid dienone is 1. The van der Waals surface area contributed by atoms with Crippen molar-refractivity contribution in [2.24, 2.45) is 0 Å². The molecule has 0 spiro atoms. The molecular weight excluding hydrogens is 318 g/mol. The molecule has 1 aliphatic carbocycles. The van der Waals surface area contributed by atoms with E-state index >= 15 is 0 Å². The first-order valence-corrected chi connectivity index (χ1v) is 9.00. The molecular formula is C18H25N5O2. The normalized spacial score (nSPS) is 14.5. The molecule has 0 atom stereocenters. The lowest BCUT2D eigenvalue weighted by Gasteiger charge is -2.13. The van der Waals surface area contributed by atoms with E-state index in [1.165, 1.54) is 35.9 Å². The lowest BCUT2D eigenvalue weighted by atomic mass is 9.97. The van der Waals surface area contributed by atoms with Crippen LogP contribution in [0.15, 0.2) is 28.8 Å². The van der Waals surface area contributed by atoms with Crippen LogP contribution in [0.2, 0.25) is 0 Å². The number of carbonyl (C=O) groups excluding carboxylic acids is 1. The zero-order chi connectivity index (χ0) is 17.6. The van der Waals surface area contributed by atoms with Gasteiger partial charge in [-0.3, -0.25) is 14.0 Å². The molecule has 0 fully saturated rings. The Morgan fingerprint density at radius 3 is 3.04 bits per heavy atom. The minimum Gasteiger partial charge on any atom is -0.356 e. The summed E-state index contributed by atoms with van der Waals surface area (Å²) < 4.78 is 3.07. The molecule has 0 saturated carbocycles. The van der Waals surface area contributed by atoms with Crippen LogP contribution in [0.1, 0.15) is 50.8 Å². The van der Waals surface area contributed by atoms with E-state index in [1.54, 1.807) is 16.8 Å². The number of amides is 1. The number of rotatable bonds is 7. The van der Waals surface area contributed by atoms with Gasteiger partial charge in [0.05, 0.1) is 0 Å². The van der Waals surface area contributed by atoms with E-state index in [0.29, 0.717) is 37.4 Å². The largest absolute Gasteiger partial charge is 0.356 e. The first kappa shape index (κ1) is 17.4. The molecule has 134 valence electrons. The van der Waals surface area contributed by atoms with Gasteiger partial charge >= 0.3 is 5.56 Å². The van der Waals surface area contributed by atoms with Crippen LogP contribution in [0.3, 0.4) is 0 Å². The van der Waals surface area contributed by atoms with Gasteiger partial charge in [-0.2, -0.15) is 5.10 Å². The quantitative estimate of drug-likeness (QED) is 0.780. The van der Waals surface area contributed by atoms with Crippen molar-refractivity contribution in [3.05, 3.63) is 40.2 Å². The number of imidazole rings is 1. The molecule has 0 aliphatic heterocycles. The molecule has 1 aliphatic rings. The van der Waals surface area contributed by atoms with Gasteiger partial charge in [-0.05, 0) is 45.4 Å². The zero-order valence-electron chi connectivity index (χ0n) is 14.7. The molecule has 2 aromatic rings. The van der Waals surface area contributed by atoms with Gasteiger partial charge in [0.15, 0.2) is 0 Å². The molecule has 0 aromatic carbocycles. The minimum absolute atomic E-state index is 0.0306. The summed E-state index contributed by atoms with van der Waals surface area (Å²) in [6.45, 7) is 2.95. The maximum absolute atomic E-state index is 12.3. The van der Waals surface area contributed by atoms with Crippen molar-refractivity contribution in [1.29, 1.82) is 0 Å². The fourth-order valence-corrected chi connectivity index (χ4v) is 3.23. The van der Waals surface area contributed by atoms with Crippen molar-refractivity contribution in [1.82, 2.24) is 24.5 Å². The van der Waals surface area contributed by atoms with Crippen molar-refractivity contribution < 1.29 is 4.79 Å². The van der Waals surface area contributed by atoms with Crippen LogP contribution in [-0.2, 0) is 11.3 Å². The minimum atomic E-state index is -0.222. The molecule has 0 saturated heterocycles. The Bertz CT molecular complexity index is 834. The van der Waals surface area contributed by atoms with Gasteiger partial charge in [0.1, 0.15) is 5.82 Å². The van der Waals surface area contributed by atoms with E-state index in [0.717, 1.165) is 6.42 Å². The number of hydrogen-bond acceptors (Lipinski definition) is 4. The summed E-state index contributed by atoms with van der Waals surface area (Å²) in [5, 5.41) is 7.24. The third-order valence-electron chi connectivity index (χ3n) is 4.61. The number of nitrogens with zero attached hydrogens (tertiary/aromatic N) is 4. The van der Waals surface area contributed by atoms with Crippen LogP contribution in [0.4, 0.5) is 0 Å². The van der Waals surface area contributed by atoms with Crippen molar-refractivity contribution in [2.45, 2.75) is 58.4 Å². The molecule has 0 radical (unpaired) electrons. The van der Waals surface area contributed by atoms with Gasteiger partial charge in [0.2, 0.25) is 11.6 Å². The van der Waals surface area contributed by atoms with Crippen LogP contribution in [0.5, 0.6) is 0 Å². The molecule has 2 heterocycles. The topological polar surface area (TPSA) is 81.3 Å². The van der Waals surface area contributed by atoms with Crippen molar-refractivity contribution >= 4 is 11.6 Å². The summed E-state index contributed by atoms with van der Waals surface area (Å²) in [5.74, 6) is 0.736. The second-order valence-corrected chi connectivity index (χ2v) is 6.51. The monoisotopic (exact) mass is 343 g/mol. The van der Waals surface area contributed by atoms with Crippen molar-refractivity contribution in [3.8, 4) is 0 Å². The van der Waals surface area contributed by atoms with Crippen molar-refractivity contribution in [3.63, 3.8) is 0 Å². The molecule has 1 N–H and O–H groups in total. The summed E-state index contributed by atoms with van der Waals surface area (Å²) in [7, 11) is 0. The molecule has 0 unspecified atom stereocenters. The lowest BCUT2D eigenvalue weighted by Crippen LogP contribution is -2.28. The molecule has 25 heavy (non-hydrogen) atoms. The standard InChI is InChI=1S/C18H25N5O2/c1-14-21-23(18(25)17-20-11-13-22(14)17)12-5-8-16(24)19-10-9-15-6-3-2-4-7-15/h6,11,13H,2-5,7-10,12H2,1H3,(H,19,24). The number of fused-ring (bicyclic) bond motifs is 1. The summed E-state index contributed by atoms with van der Waals surface area (Å²) in [6.07, 6.45) is 12.4. The summed E-state index contributed by atoms with van der Waals surface area (Å²) in [4.78, 5) is 28.3. The number of aryl methyl sites for hydroxylation is 2. The Morgan fingerprint density at radius 1 is 1.36 bits per heavy atom. The van der Waals surface area contributed by atoms with E-state index < -0.39 is 0 Å². The smallest absolute Gasteiger partial charge is 0.310 e. The predicted molar refractivity (Wildman–Crippen MR) is 95.4 cm³/mol. The number of nitrogens with one attached hydrogen (secondary N) is 1. The van der Waals surface area contributed by atoms with E-state index in [2.05, 4.69) is 21.5 Å². The van der Waals surface area contributed by atoms with E-state index in [9.17, 15) is 9.59 Å². The average Bonchev–Trinajstić information content (AvgIpc) is 3.11. The molecule has 1 amide bonds. The van der Waals surface area contributed by atoms with Crippen LogP contribution in [0.25, 0.3) is 5.65 Å². The highest BCUT2D eigenvalue weighted by Gasteiger charge is 2.09. The Balaban J connectivity index is 1.44. The Morgan fingerprint density at radius 2 is 2.24 bits per heavy atom. The maximum Gasteiger partial charge on any atom is 0.310 e. The molecule has 2 aromatic heterocycles. The van der Waals surface area contributed by atoms with E-state index in [1.807, 2.05) is 6.92 Å². The van der Waals surface area contributed by atoms with Crippen molar-refractivity contribution in [2.75, 3.05) is 6.54 Å². The zero-order valence-corrected chi connectivity index (χ0v) is 14.7. The van der Waals surface area contributed by atoms with E-state index in [4.69, 9.17) is 0 Å². The molecule has 0 bridgehead atoms. The van der Waals surface area contributed by atoms with Crippen LogP contribution >= 0.6 is 0 Å². The third kappa shape index (κ3) is 4.35. The summed E-state index contributed by atoms with van der Waals surface area (Å²) in [5.41, 5.74) is 1.61. The first-order valence-electron chi connectivity index (χ1n) is 9.00. The summed E-state index contributed by atoms with van der Waals surface area (Å²) >= 11 is 0. The fourth-order valence-electron chi connectivity index (χ4n) is 3.23. The predicted octanol–water partition coefficient (Wildman–Crippen LogP) is 1.99. The van der Waals surface area contributed by atoms with Gasteiger partial charge in [-0.15, -0.1) is 0 Å².